The minimum atomic E-state index is -1.11. The van der Waals surface area contributed by atoms with Crippen molar-refractivity contribution < 1.29 is 4.79 Å². The number of rotatable bonds is 6. The van der Waals surface area contributed by atoms with Gasteiger partial charge in [0.15, 0.2) is 0 Å². The van der Waals surface area contributed by atoms with E-state index in [2.05, 4.69) is 19.1 Å². The summed E-state index contributed by atoms with van der Waals surface area (Å²) in [4.78, 5) is 13.0. The first-order chi connectivity index (χ1) is 10.0. The molecule has 0 radical (unpaired) electrons. The maximum absolute atomic E-state index is 11.8. The summed E-state index contributed by atoms with van der Waals surface area (Å²) in [7, 11) is 0. The first-order valence-electron chi connectivity index (χ1n) is 6.87. The largest absolute Gasteiger partial charge is 0.368 e. The molecule has 1 atom stereocenters. The molecule has 2 rings (SSSR count). The molecule has 2 aromatic rings. The van der Waals surface area contributed by atoms with Gasteiger partial charge >= 0.3 is 0 Å². The molecular weight excluding hydrogens is 280 g/mol. The lowest BCUT2D eigenvalue weighted by Crippen LogP contribution is -2.49. The summed E-state index contributed by atoms with van der Waals surface area (Å²) < 4.78 is 0. The van der Waals surface area contributed by atoms with Gasteiger partial charge in [-0.05, 0) is 30.5 Å². The molecule has 21 heavy (non-hydrogen) atoms. The van der Waals surface area contributed by atoms with Crippen LogP contribution in [0, 0.1) is 6.92 Å². The molecule has 0 aliphatic rings. The zero-order valence-electron chi connectivity index (χ0n) is 12.1. The van der Waals surface area contributed by atoms with Crippen molar-refractivity contribution in [1.29, 1.82) is 0 Å². The highest BCUT2D eigenvalue weighted by atomic mass is 32.2. The number of hydrogen-bond donors (Lipinski definition) is 2. The Morgan fingerprint density at radius 2 is 1.71 bits per heavy atom. The number of hydrogen-bond acceptors (Lipinski definition) is 3. The van der Waals surface area contributed by atoms with Crippen molar-refractivity contribution >= 4 is 17.7 Å². The number of nitrogens with two attached hydrogens (primary N) is 2. The van der Waals surface area contributed by atoms with Gasteiger partial charge in [0.05, 0.1) is 0 Å². The normalized spacial score (nSPS) is 13.6. The molecule has 0 heterocycles. The fourth-order valence-corrected chi connectivity index (χ4v) is 3.30. The number of primary amides is 1. The first-order valence-corrected chi connectivity index (χ1v) is 7.85. The molecule has 0 spiro atoms. The molecule has 0 aromatic heterocycles. The zero-order valence-corrected chi connectivity index (χ0v) is 12.9. The van der Waals surface area contributed by atoms with Gasteiger partial charge in [0.2, 0.25) is 5.91 Å². The van der Waals surface area contributed by atoms with E-state index in [0.717, 1.165) is 11.3 Å². The van der Waals surface area contributed by atoms with Crippen molar-refractivity contribution in [3.63, 3.8) is 0 Å². The predicted molar refractivity (Wildman–Crippen MR) is 88.0 cm³/mol. The summed E-state index contributed by atoms with van der Waals surface area (Å²) in [5.74, 6) is 0.248. The zero-order chi connectivity index (χ0) is 15.3. The number of amides is 1. The Labute approximate surface area is 129 Å². The Hall–Kier alpha value is -1.78. The van der Waals surface area contributed by atoms with E-state index in [1.54, 1.807) is 11.8 Å². The van der Waals surface area contributed by atoms with Gasteiger partial charge < -0.3 is 11.5 Å². The fraction of sp³-hybridized carbons (Fsp3) is 0.235. The van der Waals surface area contributed by atoms with Crippen LogP contribution in [0.5, 0.6) is 0 Å². The number of carbonyl (C=O) groups excluding carboxylic acids is 1. The van der Waals surface area contributed by atoms with Crippen molar-refractivity contribution in [2.24, 2.45) is 11.5 Å². The van der Waals surface area contributed by atoms with Crippen molar-refractivity contribution in [3.05, 3.63) is 65.7 Å². The Morgan fingerprint density at radius 3 is 2.33 bits per heavy atom. The van der Waals surface area contributed by atoms with Gasteiger partial charge in [-0.15, -0.1) is 11.8 Å². The van der Waals surface area contributed by atoms with E-state index in [-0.39, 0.29) is 0 Å². The van der Waals surface area contributed by atoms with E-state index in [1.807, 2.05) is 42.5 Å². The van der Waals surface area contributed by atoms with Crippen LogP contribution in [0.2, 0.25) is 0 Å². The van der Waals surface area contributed by atoms with Crippen molar-refractivity contribution in [3.8, 4) is 0 Å². The van der Waals surface area contributed by atoms with Crippen LogP contribution in [-0.4, -0.2) is 11.7 Å². The second-order valence-corrected chi connectivity index (χ2v) is 6.20. The standard InChI is InChI=1S/C17H20N2OS/c1-13-7-5-6-10-15(13)21-12-11-17(19,16(18)20)14-8-3-2-4-9-14/h2-10H,11-12,19H2,1H3,(H2,18,20). The van der Waals surface area contributed by atoms with Crippen LogP contribution < -0.4 is 11.5 Å². The van der Waals surface area contributed by atoms with Crippen LogP contribution in [0.3, 0.4) is 0 Å². The molecule has 110 valence electrons. The molecule has 4 N–H and O–H groups in total. The second-order valence-electron chi connectivity index (χ2n) is 5.07. The average Bonchev–Trinajstić information content (AvgIpc) is 2.49. The summed E-state index contributed by atoms with van der Waals surface area (Å²) in [6.07, 6.45) is 0.505. The molecule has 3 nitrogen and oxygen atoms in total. The summed E-state index contributed by atoms with van der Waals surface area (Å²) in [5.41, 5.74) is 12.7. The van der Waals surface area contributed by atoms with Crippen LogP contribution in [-0.2, 0) is 10.3 Å². The third kappa shape index (κ3) is 3.65. The third-order valence-corrected chi connectivity index (χ3v) is 4.75. The first kappa shape index (κ1) is 15.6. The SMILES string of the molecule is Cc1ccccc1SCCC(N)(C(N)=O)c1ccccc1. The van der Waals surface area contributed by atoms with Crippen LogP contribution in [0.1, 0.15) is 17.5 Å². The quantitative estimate of drug-likeness (QED) is 0.806. The van der Waals surface area contributed by atoms with Gasteiger partial charge in [-0.2, -0.15) is 0 Å². The molecule has 4 heteroatoms. The molecule has 1 unspecified atom stereocenters. The van der Waals surface area contributed by atoms with Gasteiger partial charge in [-0.25, -0.2) is 0 Å². The molecule has 0 bridgehead atoms. The van der Waals surface area contributed by atoms with Crippen LogP contribution in [0.15, 0.2) is 59.5 Å². The Balaban J connectivity index is 2.08. The van der Waals surface area contributed by atoms with Gasteiger partial charge in [0.25, 0.3) is 0 Å². The number of benzene rings is 2. The van der Waals surface area contributed by atoms with E-state index < -0.39 is 11.4 Å². The lowest BCUT2D eigenvalue weighted by molar-refractivity contribution is -0.123. The molecule has 2 aromatic carbocycles. The summed E-state index contributed by atoms with van der Waals surface area (Å²) >= 11 is 1.70. The Kier molecular flexibility index (Phi) is 5.04. The number of carbonyl (C=O) groups is 1. The number of aryl methyl sites for hydroxylation is 1. The van der Waals surface area contributed by atoms with Gasteiger partial charge in [0, 0.05) is 10.6 Å². The minimum Gasteiger partial charge on any atom is -0.368 e. The van der Waals surface area contributed by atoms with Crippen LogP contribution >= 0.6 is 11.8 Å². The third-order valence-electron chi connectivity index (χ3n) is 3.58. The van der Waals surface area contributed by atoms with E-state index >= 15 is 0 Å². The molecule has 0 saturated heterocycles. The van der Waals surface area contributed by atoms with Gasteiger partial charge in [-0.3, -0.25) is 4.79 Å². The van der Waals surface area contributed by atoms with Crippen LogP contribution in [0.25, 0.3) is 0 Å². The molecule has 0 saturated carbocycles. The predicted octanol–water partition coefficient (Wildman–Crippen LogP) is 2.82. The molecular formula is C17H20N2OS. The molecule has 0 fully saturated rings. The highest BCUT2D eigenvalue weighted by molar-refractivity contribution is 7.99. The minimum absolute atomic E-state index is 0.487. The number of thioether (sulfide) groups is 1. The maximum atomic E-state index is 11.8. The van der Waals surface area contributed by atoms with E-state index in [9.17, 15) is 4.79 Å². The highest BCUT2D eigenvalue weighted by Crippen LogP contribution is 2.28. The summed E-state index contributed by atoms with van der Waals surface area (Å²) in [6, 6.07) is 17.5. The second kappa shape index (κ2) is 6.78. The highest BCUT2D eigenvalue weighted by Gasteiger charge is 2.33. The van der Waals surface area contributed by atoms with Gasteiger partial charge in [-0.1, -0.05) is 48.5 Å². The Bertz CT molecular complexity index is 615. The monoisotopic (exact) mass is 300 g/mol. The Morgan fingerprint density at radius 1 is 1.10 bits per heavy atom. The van der Waals surface area contributed by atoms with Crippen molar-refractivity contribution in [2.45, 2.75) is 23.8 Å². The van der Waals surface area contributed by atoms with E-state index in [1.165, 1.54) is 10.5 Å². The van der Waals surface area contributed by atoms with Crippen molar-refractivity contribution in [2.75, 3.05) is 5.75 Å². The average molecular weight is 300 g/mol. The van der Waals surface area contributed by atoms with E-state index in [4.69, 9.17) is 11.5 Å². The smallest absolute Gasteiger partial charge is 0.242 e. The van der Waals surface area contributed by atoms with Gasteiger partial charge in [0.1, 0.15) is 5.54 Å². The topological polar surface area (TPSA) is 69.1 Å². The van der Waals surface area contributed by atoms with E-state index in [0.29, 0.717) is 6.42 Å². The molecule has 1 amide bonds. The molecule has 0 aliphatic heterocycles. The fourth-order valence-electron chi connectivity index (χ4n) is 2.19. The summed E-state index contributed by atoms with van der Waals surface area (Å²) in [5, 5.41) is 0. The summed E-state index contributed by atoms with van der Waals surface area (Å²) in [6.45, 7) is 2.07. The lowest BCUT2D eigenvalue weighted by atomic mass is 9.88. The lowest BCUT2D eigenvalue weighted by Gasteiger charge is -2.26. The van der Waals surface area contributed by atoms with Crippen LogP contribution in [0.4, 0.5) is 0 Å². The van der Waals surface area contributed by atoms with Crippen molar-refractivity contribution in [1.82, 2.24) is 0 Å². The molecule has 0 aliphatic carbocycles. The maximum Gasteiger partial charge on any atom is 0.242 e.